The van der Waals surface area contributed by atoms with E-state index in [4.69, 9.17) is 25.8 Å². The first-order chi connectivity index (χ1) is 27.1. The van der Waals surface area contributed by atoms with Gasteiger partial charge < -0.3 is 29.3 Å². The van der Waals surface area contributed by atoms with Gasteiger partial charge in [-0.2, -0.15) is 0 Å². The molecule has 4 aliphatic rings. The fraction of sp³-hybridized carbons (Fsp3) is 0.512. The van der Waals surface area contributed by atoms with Gasteiger partial charge in [0, 0.05) is 91.4 Å². The number of anilines is 2. The molecular weight excluding hydrogens is 806 g/mol. The summed E-state index contributed by atoms with van der Waals surface area (Å²) >= 11 is 5.72. The van der Waals surface area contributed by atoms with Gasteiger partial charge in [-0.05, 0) is 65.7 Å². The Morgan fingerprint density at radius 3 is 1.86 bits per heavy atom. The van der Waals surface area contributed by atoms with Gasteiger partial charge in [0.2, 0.25) is 0 Å². The lowest BCUT2D eigenvalue weighted by Crippen LogP contribution is -2.64. The molecular formula is C41H52ClN3O9S2Si. The molecule has 3 aromatic rings. The number of rotatable bonds is 17. The third kappa shape index (κ3) is 8.12. The van der Waals surface area contributed by atoms with Crippen LogP contribution in [0.3, 0.4) is 0 Å². The third-order valence-corrected chi connectivity index (χ3v) is 18.8. The minimum atomic E-state index is -3.18. The molecule has 0 radical (unpaired) electrons. The summed E-state index contributed by atoms with van der Waals surface area (Å²) in [5.74, 6) is -0.114. The smallest absolute Gasteiger partial charge is 0.340 e. The maximum absolute atomic E-state index is 13.8. The molecule has 308 valence electrons. The van der Waals surface area contributed by atoms with Crippen molar-refractivity contribution in [1.82, 2.24) is 5.32 Å². The minimum absolute atomic E-state index is 0.291. The number of fused-ring (bicyclic) bond motifs is 6. The largest absolute Gasteiger partial charge is 0.441 e. The number of sulfone groups is 2. The van der Waals surface area contributed by atoms with E-state index in [9.17, 15) is 26.4 Å². The van der Waals surface area contributed by atoms with Crippen molar-refractivity contribution in [3.05, 3.63) is 82.4 Å². The molecule has 0 atom stereocenters. The number of hydrogen-bond acceptors (Lipinski definition) is 11. The van der Waals surface area contributed by atoms with Crippen molar-refractivity contribution >= 4 is 73.0 Å². The Bertz CT molecular complexity index is 2160. The van der Waals surface area contributed by atoms with E-state index >= 15 is 0 Å². The number of alkyl halides is 1. The SMILES string of the molecule is C[Si]1(C)c2cc(N3CC(S(C)(=O)=O)C3)ccc2C2(OC(=O)c3ccc(C(=O)NCCOCCOCCCCCCCl)cc32)c2ccc(N3CC(S(C)(=O)=O)C3)cc21. The second-order valence-corrected chi connectivity index (χ2v) is 25.6. The molecule has 4 aliphatic heterocycles. The monoisotopic (exact) mass is 857 g/mol. The Morgan fingerprint density at radius 1 is 0.772 bits per heavy atom. The first kappa shape index (κ1) is 41.7. The molecule has 0 aromatic heterocycles. The average Bonchev–Trinajstić information content (AvgIpc) is 3.40. The zero-order chi connectivity index (χ0) is 40.8. The topological polar surface area (TPSA) is 149 Å². The number of esters is 1. The van der Waals surface area contributed by atoms with Gasteiger partial charge in [0.25, 0.3) is 5.91 Å². The fourth-order valence-corrected chi connectivity index (χ4v) is 13.5. The molecule has 2 saturated heterocycles. The van der Waals surface area contributed by atoms with Crippen LogP contribution in [0.2, 0.25) is 13.1 Å². The lowest BCUT2D eigenvalue weighted by Gasteiger charge is -2.46. The molecule has 57 heavy (non-hydrogen) atoms. The van der Waals surface area contributed by atoms with Gasteiger partial charge >= 0.3 is 5.97 Å². The van der Waals surface area contributed by atoms with Crippen LogP contribution in [0.15, 0.2) is 54.6 Å². The number of unbranched alkanes of at least 4 members (excludes halogenated alkanes) is 3. The number of benzene rings is 3. The first-order valence-electron chi connectivity index (χ1n) is 19.6. The predicted octanol–water partition coefficient (Wildman–Crippen LogP) is 3.31. The van der Waals surface area contributed by atoms with Gasteiger partial charge in [-0.3, -0.25) is 4.79 Å². The summed E-state index contributed by atoms with van der Waals surface area (Å²) in [6.07, 6.45) is 6.74. The van der Waals surface area contributed by atoms with Gasteiger partial charge in [0.05, 0.1) is 35.9 Å². The van der Waals surface area contributed by atoms with Gasteiger partial charge in [-0.25, -0.2) is 21.6 Å². The summed E-state index contributed by atoms with van der Waals surface area (Å²) in [6, 6.07) is 17.2. The van der Waals surface area contributed by atoms with Crippen LogP contribution in [-0.2, 0) is 39.5 Å². The Morgan fingerprint density at radius 2 is 1.32 bits per heavy atom. The molecule has 4 heterocycles. The van der Waals surface area contributed by atoms with E-state index < -0.39 is 49.8 Å². The fourth-order valence-electron chi connectivity index (χ4n) is 8.35. The normalized spacial score (nSPS) is 18.4. The van der Waals surface area contributed by atoms with E-state index in [1.54, 1.807) is 18.2 Å². The van der Waals surface area contributed by atoms with Gasteiger partial charge in [0.1, 0.15) is 8.07 Å². The molecule has 1 N–H and O–H groups in total. The van der Waals surface area contributed by atoms with Crippen molar-refractivity contribution in [3.63, 3.8) is 0 Å². The quantitative estimate of drug-likeness (QED) is 0.0924. The summed E-state index contributed by atoms with van der Waals surface area (Å²) in [5.41, 5.74) is 3.40. The van der Waals surface area contributed by atoms with Crippen molar-refractivity contribution < 1.29 is 40.6 Å². The van der Waals surface area contributed by atoms with Crippen LogP contribution in [0.1, 0.15) is 63.1 Å². The minimum Gasteiger partial charge on any atom is -0.441 e. The highest BCUT2D eigenvalue weighted by atomic mass is 35.5. The average molecular weight is 859 g/mol. The second-order valence-electron chi connectivity index (χ2n) is 16.2. The summed E-state index contributed by atoms with van der Waals surface area (Å²) in [4.78, 5) is 31.5. The zero-order valence-corrected chi connectivity index (χ0v) is 36.4. The van der Waals surface area contributed by atoms with Gasteiger partial charge in [0.15, 0.2) is 25.3 Å². The zero-order valence-electron chi connectivity index (χ0n) is 33.0. The lowest BCUT2D eigenvalue weighted by molar-refractivity contribution is 0.0255. The number of nitrogens with one attached hydrogen (secondary N) is 1. The summed E-state index contributed by atoms with van der Waals surface area (Å²) < 4.78 is 66.9. The summed E-state index contributed by atoms with van der Waals surface area (Å²) in [7, 11) is -8.93. The van der Waals surface area contributed by atoms with Crippen LogP contribution in [0.4, 0.5) is 11.4 Å². The molecule has 7 rings (SSSR count). The van der Waals surface area contributed by atoms with E-state index in [1.165, 1.54) is 12.5 Å². The van der Waals surface area contributed by atoms with Crippen molar-refractivity contribution in [2.24, 2.45) is 0 Å². The first-order valence-corrected chi connectivity index (χ1v) is 27.0. The van der Waals surface area contributed by atoms with Gasteiger partial charge in [-0.1, -0.05) is 38.1 Å². The highest BCUT2D eigenvalue weighted by Gasteiger charge is 2.56. The Balaban J connectivity index is 1.16. The van der Waals surface area contributed by atoms with E-state index in [0.29, 0.717) is 81.7 Å². The number of carbonyl (C=O) groups excluding carboxylic acids is 2. The van der Waals surface area contributed by atoms with Crippen LogP contribution in [0.25, 0.3) is 0 Å². The second kappa shape index (κ2) is 16.3. The van der Waals surface area contributed by atoms with Crippen molar-refractivity contribution in [3.8, 4) is 0 Å². The maximum Gasteiger partial charge on any atom is 0.340 e. The van der Waals surface area contributed by atoms with Crippen molar-refractivity contribution in [1.29, 1.82) is 0 Å². The number of ether oxygens (including phenoxy) is 3. The van der Waals surface area contributed by atoms with E-state index in [1.807, 2.05) is 24.3 Å². The van der Waals surface area contributed by atoms with Crippen LogP contribution in [-0.4, -0.2) is 125 Å². The molecule has 0 unspecified atom stereocenters. The summed E-state index contributed by atoms with van der Waals surface area (Å²) in [5, 5.41) is 4.15. The molecule has 2 fully saturated rings. The standard InChI is InChI=1S/C41H52ClN3O9S2Si/c1-55(48,49)31-24-44(25-31)29-10-13-34-37(22-29)57(3,4)38-23-30(45-26-32(27-45)56(2,50)51)11-14-35(38)41(34)36-21-28(9-12-33(36)40(47)54-41)39(46)43-16-18-53-20-19-52-17-8-6-5-7-15-42/h9-14,21-23,31-32H,5-8,15-20,24-27H2,1-4H3,(H,43,46). The highest BCUT2D eigenvalue weighted by Crippen LogP contribution is 2.50. The van der Waals surface area contributed by atoms with Crippen LogP contribution < -0.4 is 25.5 Å². The Kier molecular flexibility index (Phi) is 11.9. The van der Waals surface area contributed by atoms with Crippen molar-refractivity contribution in [2.75, 3.05) is 87.3 Å². The third-order valence-electron chi connectivity index (χ3n) is 12.0. The van der Waals surface area contributed by atoms with E-state index in [2.05, 4.69) is 40.3 Å². The Labute approximate surface area is 342 Å². The Hall–Kier alpha value is -3.47. The van der Waals surface area contributed by atoms with Crippen LogP contribution in [0, 0.1) is 0 Å². The molecule has 0 bridgehead atoms. The number of nitrogens with zero attached hydrogens (tertiary/aromatic N) is 2. The van der Waals surface area contributed by atoms with Crippen LogP contribution in [0.5, 0.6) is 0 Å². The van der Waals surface area contributed by atoms with Crippen molar-refractivity contribution in [2.45, 2.75) is 54.9 Å². The number of amides is 1. The van der Waals surface area contributed by atoms with E-state index in [0.717, 1.165) is 58.6 Å². The maximum atomic E-state index is 13.8. The lowest BCUT2D eigenvalue weighted by atomic mass is 9.78. The molecule has 0 saturated carbocycles. The van der Waals surface area contributed by atoms with Crippen LogP contribution >= 0.6 is 11.6 Å². The predicted molar refractivity (Wildman–Crippen MR) is 226 cm³/mol. The molecule has 0 aliphatic carbocycles. The number of carbonyl (C=O) groups is 2. The molecule has 12 nitrogen and oxygen atoms in total. The molecule has 3 aromatic carbocycles. The molecule has 16 heteroatoms. The number of hydrogen-bond donors (Lipinski definition) is 1. The molecule has 1 amide bonds. The summed E-state index contributed by atoms with van der Waals surface area (Å²) in [6.45, 7) is 8.27. The number of halogens is 1. The molecule has 1 spiro atoms. The van der Waals surface area contributed by atoms with E-state index in [-0.39, 0.29) is 5.91 Å². The van der Waals surface area contributed by atoms with Gasteiger partial charge in [-0.15, -0.1) is 11.6 Å². The highest BCUT2D eigenvalue weighted by molar-refractivity contribution is 7.91.